The van der Waals surface area contributed by atoms with Crippen LogP contribution < -0.4 is 5.32 Å². The van der Waals surface area contributed by atoms with Crippen LogP contribution in [0.25, 0.3) is 0 Å². The smallest absolute Gasteiger partial charge is 0.255 e. The Hall–Kier alpha value is -3.22. The highest BCUT2D eigenvalue weighted by Gasteiger charge is 2.23. The SMILES string of the molecule is CC(=O)N1CCN(C(=O)c2ccc(C(=O)Nc3cccc(F)c3)cc2)CC1. The van der Waals surface area contributed by atoms with Gasteiger partial charge in [0.2, 0.25) is 5.91 Å². The zero-order valence-corrected chi connectivity index (χ0v) is 14.9. The van der Waals surface area contributed by atoms with Crippen molar-refractivity contribution >= 4 is 23.4 Å². The average Bonchev–Trinajstić information content (AvgIpc) is 2.67. The zero-order valence-electron chi connectivity index (χ0n) is 14.9. The van der Waals surface area contributed by atoms with Gasteiger partial charge in [0.05, 0.1) is 0 Å². The van der Waals surface area contributed by atoms with Crippen LogP contribution in [0.5, 0.6) is 0 Å². The van der Waals surface area contributed by atoms with Gasteiger partial charge in [0.1, 0.15) is 5.82 Å². The molecule has 0 aromatic heterocycles. The summed E-state index contributed by atoms with van der Waals surface area (Å²) in [5.41, 5.74) is 1.22. The Morgan fingerprint density at radius 1 is 0.889 bits per heavy atom. The van der Waals surface area contributed by atoms with E-state index in [2.05, 4.69) is 5.32 Å². The maximum absolute atomic E-state index is 13.2. The summed E-state index contributed by atoms with van der Waals surface area (Å²) < 4.78 is 13.2. The minimum atomic E-state index is -0.432. The molecule has 2 aromatic carbocycles. The molecule has 0 saturated carbocycles. The largest absolute Gasteiger partial charge is 0.339 e. The van der Waals surface area contributed by atoms with Crippen molar-refractivity contribution in [2.24, 2.45) is 0 Å². The fourth-order valence-electron chi connectivity index (χ4n) is 2.94. The number of carbonyl (C=O) groups excluding carboxylic acids is 3. The van der Waals surface area contributed by atoms with Crippen LogP contribution >= 0.6 is 0 Å². The van der Waals surface area contributed by atoms with Gasteiger partial charge >= 0.3 is 0 Å². The molecule has 0 bridgehead atoms. The molecule has 140 valence electrons. The minimum absolute atomic E-state index is 0.00996. The molecule has 6 nitrogen and oxygen atoms in total. The molecule has 2 aromatic rings. The van der Waals surface area contributed by atoms with Gasteiger partial charge < -0.3 is 15.1 Å². The molecule has 1 heterocycles. The van der Waals surface area contributed by atoms with Crippen molar-refractivity contribution in [1.29, 1.82) is 0 Å². The van der Waals surface area contributed by atoms with E-state index in [0.29, 0.717) is 43.0 Å². The maximum atomic E-state index is 13.2. The Labute approximate surface area is 156 Å². The number of nitrogens with one attached hydrogen (secondary N) is 1. The molecule has 27 heavy (non-hydrogen) atoms. The summed E-state index contributed by atoms with van der Waals surface area (Å²) >= 11 is 0. The summed E-state index contributed by atoms with van der Waals surface area (Å²) in [6, 6.07) is 12.0. The molecular weight excluding hydrogens is 349 g/mol. The van der Waals surface area contributed by atoms with Crippen molar-refractivity contribution in [2.45, 2.75) is 6.92 Å². The van der Waals surface area contributed by atoms with Gasteiger partial charge in [-0.1, -0.05) is 6.07 Å². The number of hydrogen-bond donors (Lipinski definition) is 1. The van der Waals surface area contributed by atoms with Crippen LogP contribution in [0.2, 0.25) is 0 Å². The van der Waals surface area contributed by atoms with E-state index in [0.717, 1.165) is 0 Å². The Balaban J connectivity index is 1.62. The van der Waals surface area contributed by atoms with Crippen molar-refractivity contribution in [2.75, 3.05) is 31.5 Å². The molecule has 0 atom stereocenters. The van der Waals surface area contributed by atoms with E-state index in [-0.39, 0.29) is 17.7 Å². The van der Waals surface area contributed by atoms with E-state index in [1.165, 1.54) is 25.1 Å². The van der Waals surface area contributed by atoms with E-state index in [1.807, 2.05) is 0 Å². The van der Waals surface area contributed by atoms with E-state index >= 15 is 0 Å². The molecular formula is C20H20FN3O3. The van der Waals surface area contributed by atoms with E-state index < -0.39 is 5.82 Å². The highest BCUT2D eigenvalue weighted by molar-refractivity contribution is 6.05. The van der Waals surface area contributed by atoms with Crippen LogP contribution in [0, 0.1) is 5.82 Å². The average molecular weight is 369 g/mol. The number of piperazine rings is 1. The summed E-state index contributed by atoms with van der Waals surface area (Å²) in [7, 11) is 0. The van der Waals surface area contributed by atoms with Gasteiger partial charge in [-0.15, -0.1) is 0 Å². The number of benzene rings is 2. The normalized spacial score (nSPS) is 14.0. The standard InChI is InChI=1S/C20H20FN3O3/c1-14(25)23-9-11-24(12-10-23)20(27)16-7-5-15(6-8-16)19(26)22-18-4-2-3-17(21)13-18/h2-8,13H,9-12H2,1H3,(H,22,26). The Bertz CT molecular complexity index is 859. The molecule has 1 fully saturated rings. The second-order valence-electron chi connectivity index (χ2n) is 6.34. The maximum Gasteiger partial charge on any atom is 0.255 e. The second-order valence-corrected chi connectivity index (χ2v) is 6.34. The fourth-order valence-corrected chi connectivity index (χ4v) is 2.94. The second kappa shape index (κ2) is 7.99. The molecule has 0 radical (unpaired) electrons. The van der Waals surface area contributed by atoms with Gasteiger partial charge in [0.25, 0.3) is 11.8 Å². The zero-order chi connectivity index (χ0) is 19.4. The van der Waals surface area contributed by atoms with Gasteiger partial charge in [-0.25, -0.2) is 4.39 Å². The number of amides is 3. The first kappa shape index (κ1) is 18.6. The lowest BCUT2D eigenvalue weighted by atomic mass is 10.1. The summed E-state index contributed by atoms with van der Waals surface area (Å²) in [5, 5.41) is 2.61. The topological polar surface area (TPSA) is 69.7 Å². The number of anilines is 1. The van der Waals surface area contributed by atoms with Crippen LogP contribution in [-0.4, -0.2) is 53.7 Å². The Morgan fingerprint density at radius 3 is 2.07 bits per heavy atom. The minimum Gasteiger partial charge on any atom is -0.339 e. The number of halogens is 1. The summed E-state index contributed by atoms with van der Waals surface area (Å²) in [6.45, 7) is 3.54. The third-order valence-corrected chi connectivity index (χ3v) is 4.49. The number of carbonyl (C=O) groups is 3. The van der Waals surface area contributed by atoms with Crippen LogP contribution in [0.3, 0.4) is 0 Å². The third-order valence-electron chi connectivity index (χ3n) is 4.49. The first-order chi connectivity index (χ1) is 12.9. The van der Waals surface area contributed by atoms with Crippen LogP contribution in [0.1, 0.15) is 27.6 Å². The van der Waals surface area contributed by atoms with Gasteiger partial charge in [-0.2, -0.15) is 0 Å². The van der Waals surface area contributed by atoms with Gasteiger partial charge in [-0.3, -0.25) is 14.4 Å². The monoisotopic (exact) mass is 369 g/mol. The molecule has 0 spiro atoms. The molecule has 1 N–H and O–H groups in total. The fraction of sp³-hybridized carbons (Fsp3) is 0.250. The highest BCUT2D eigenvalue weighted by Crippen LogP contribution is 2.14. The van der Waals surface area contributed by atoms with Gasteiger partial charge in [-0.05, 0) is 42.5 Å². The lowest BCUT2D eigenvalue weighted by Gasteiger charge is -2.34. The number of rotatable bonds is 3. The van der Waals surface area contributed by atoms with E-state index in [4.69, 9.17) is 0 Å². The van der Waals surface area contributed by atoms with E-state index in [1.54, 1.807) is 40.1 Å². The molecule has 7 heteroatoms. The molecule has 3 amide bonds. The molecule has 1 saturated heterocycles. The van der Waals surface area contributed by atoms with Crippen molar-refractivity contribution in [1.82, 2.24) is 9.80 Å². The Morgan fingerprint density at radius 2 is 1.48 bits per heavy atom. The molecule has 1 aliphatic heterocycles. The third kappa shape index (κ3) is 4.49. The molecule has 0 unspecified atom stereocenters. The first-order valence-electron chi connectivity index (χ1n) is 8.66. The lowest BCUT2D eigenvalue weighted by Crippen LogP contribution is -2.50. The van der Waals surface area contributed by atoms with Crippen molar-refractivity contribution in [3.63, 3.8) is 0 Å². The predicted octanol–water partition coefficient (Wildman–Crippen LogP) is 2.38. The van der Waals surface area contributed by atoms with Gasteiger partial charge in [0, 0.05) is 49.9 Å². The van der Waals surface area contributed by atoms with Gasteiger partial charge in [0.15, 0.2) is 0 Å². The molecule has 0 aliphatic carbocycles. The highest BCUT2D eigenvalue weighted by atomic mass is 19.1. The predicted molar refractivity (Wildman–Crippen MR) is 99.0 cm³/mol. The number of nitrogens with zero attached hydrogens (tertiary/aromatic N) is 2. The van der Waals surface area contributed by atoms with Crippen LogP contribution in [0.4, 0.5) is 10.1 Å². The van der Waals surface area contributed by atoms with E-state index in [9.17, 15) is 18.8 Å². The summed E-state index contributed by atoms with van der Waals surface area (Å²) in [6.07, 6.45) is 0. The van der Waals surface area contributed by atoms with Crippen molar-refractivity contribution in [3.8, 4) is 0 Å². The Kier molecular flexibility index (Phi) is 5.49. The van der Waals surface area contributed by atoms with Crippen LogP contribution in [-0.2, 0) is 4.79 Å². The quantitative estimate of drug-likeness (QED) is 0.903. The summed E-state index contributed by atoms with van der Waals surface area (Å²) in [4.78, 5) is 39.6. The lowest BCUT2D eigenvalue weighted by molar-refractivity contribution is -0.130. The summed E-state index contributed by atoms with van der Waals surface area (Å²) in [5.74, 6) is -0.931. The van der Waals surface area contributed by atoms with Crippen LogP contribution in [0.15, 0.2) is 48.5 Å². The van der Waals surface area contributed by atoms with Crippen molar-refractivity contribution in [3.05, 3.63) is 65.5 Å². The molecule has 1 aliphatic rings. The number of hydrogen-bond acceptors (Lipinski definition) is 3. The van der Waals surface area contributed by atoms with Crippen molar-refractivity contribution < 1.29 is 18.8 Å². The first-order valence-corrected chi connectivity index (χ1v) is 8.66. The molecule has 3 rings (SSSR count).